The van der Waals surface area contributed by atoms with E-state index in [0.29, 0.717) is 28.5 Å². The fourth-order valence-corrected chi connectivity index (χ4v) is 3.54. The van der Waals surface area contributed by atoms with Crippen LogP contribution in [0.25, 0.3) is 0 Å². The van der Waals surface area contributed by atoms with Gasteiger partial charge in [0.2, 0.25) is 0 Å². The molecular formula is C27H30N2O5. The van der Waals surface area contributed by atoms with Crippen LogP contribution >= 0.6 is 0 Å². The van der Waals surface area contributed by atoms with E-state index in [2.05, 4.69) is 17.6 Å². The molecule has 0 fully saturated rings. The van der Waals surface area contributed by atoms with E-state index in [0.717, 1.165) is 18.4 Å². The quantitative estimate of drug-likeness (QED) is 0.419. The predicted octanol–water partition coefficient (Wildman–Crippen LogP) is 4.99. The highest BCUT2D eigenvalue weighted by Crippen LogP contribution is 2.29. The summed E-state index contributed by atoms with van der Waals surface area (Å²) in [5.74, 6) is 0.729. The highest BCUT2D eigenvalue weighted by atomic mass is 16.5. The van der Waals surface area contributed by atoms with Crippen LogP contribution in [0.2, 0.25) is 0 Å². The number of nitrogens with one attached hydrogen (secondary N) is 2. The Morgan fingerprint density at radius 3 is 2.26 bits per heavy atom. The van der Waals surface area contributed by atoms with Gasteiger partial charge in [0.1, 0.15) is 5.75 Å². The number of rotatable bonds is 11. The van der Waals surface area contributed by atoms with E-state index < -0.39 is 0 Å². The van der Waals surface area contributed by atoms with Gasteiger partial charge >= 0.3 is 0 Å². The Labute approximate surface area is 200 Å². The molecule has 3 aromatic rings. The monoisotopic (exact) mass is 462 g/mol. The van der Waals surface area contributed by atoms with Crippen LogP contribution < -0.4 is 24.8 Å². The van der Waals surface area contributed by atoms with Crippen molar-refractivity contribution in [2.75, 3.05) is 26.1 Å². The second kappa shape index (κ2) is 12.3. The van der Waals surface area contributed by atoms with Crippen molar-refractivity contribution in [2.45, 2.75) is 25.8 Å². The molecule has 0 aliphatic heterocycles. The molecule has 2 amide bonds. The molecule has 0 aliphatic rings. The number of para-hydroxylation sites is 2. The van der Waals surface area contributed by atoms with Crippen molar-refractivity contribution < 1.29 is 23.8 Å². The van der Waals surface area contributed by atoms with Gasteiger partial charge in [-0.15, -0.1) is 0 Å². The van der Waals surface area contributed by atoms with Crippen molar-refractivity contribution in [3.05, 3.63) is 83.9 Å². The zero-order chi connectivity index (χ0) is 24.3. The Morgan fingerprint density at radius 2 is 1.56 bits per heavy atom. The lowest BCUT2D eigenvalue weighted by atomic mass is 10.0. The molecule has 0 aromatic heterocycles. The van der Waals surface area contributed by atoms with Crippen molar-refractivity contribution in [3.63, 3.8) is 0 Å². The van der Waals surface area contributed by atoms with Crippen LogP contribution in [0.15, 0.2) is 72.8 Å². The Morgan fingerprint density at radius 1 is 0.853 bits per heavy atom. The maximum atomic E-state index is 12.9. The van der Waals surface area contributed by atoms with Crippen molar-refractivity contribution in [3.8, 4) is 17.2 Å². The van der Waals surface area contributed by atoms with Crippen molar-refractivity contribution >= 4 is 17.5 Å². The number of anilines is 1. The summed E-state index contributed by atoms with van der Waals surface area (Å²) in [6.45, 7) is 1.85. The van der Waals surface area contributed by atoms with Crippen LogP contribution in [0.4, 0.5) is 5.69 Å². The first-order chi connectivity index (χ1) is 16.5. The molecule has 0 aliphatic carbocycles. The van der Waals surface area contributed by atoms with Crippen LogP contribution in [-0.4, -0.2) is 32.6 Å². The first-order valence-electron chi connectivity index (χ1n) is 11.1. The van der Waals surface area contributed by atoms with Gasteiger partial charge in [0.25, 0.3) is 11.8 Å². The Bertz CT molecular complexity index is 1100. The summed E-state index contributed by atoms with van der Waals surface area (Å²) in [5, 5.41) is 5.85. The van der Waals surface area contributed by atoms with Gasteiger partial charge in [-0.05, 0) is 42.3 Å². The van der Waals surface area contributed by atoms with Crippen LogP contribution in [-0.2, 0) is 4.79 Å². The molecule has 0 heterocycles. The van der Waals surface area contributed by atoms with E-state index in [9.17, 15) is 9.59 Å². The number of hydrogen-bond acceptors (Lipinski definition) is 5. The van der Waals surface area contributed by atoms with Crippen molar-refractivity contribution in [1.82, 2.24) is 5.32 Å². The lowest BCUT2D eigenvalue weighted by Gasteiger charge is -2.19. The maximum Gasteiger partial charge on any atom is 0.262 e. The van der Waals surface area contributed by atoms with E-state index in [-0.39, 0.29) is 24.5 Å². The standard InChI is InChI=1S/C27H30N2O5/c1-4-10-21(19-11-6-5-7-12-19)29-27(31)20-15-16-24(25(17-20)33-3)34-18-26(30)28-22-13-8-9-14-23(22)32-2/h5-9,11-17,21H,4,10,18H2,1-3H3,(H,28,30)(H,29,31). The molecule has 34 heavy (non-hydrogen) atoms. The third-order valence-corrected chi connectivity index (χ3v) is 5.25. The summed E-state index contributed by atoms with van der Waals surface area (Å²) >= 11 is 0. The van der Waals surface area contributed by atoms with Gasteiger partial charge in [-0.1, -0.05) is 55.8 Å². The second-order valence-corrected chi connectivity index (χ2v) is 7.63. The fourth-order valence-electron chi connectivity index (χ4n) is 3.54. The van der Waals surface area contributed by atoms with Crippen LogP contribution in [0.1, 0.15) is 41.7 Å². The molecule has 7 heteroatoms. The number of methoxy groups -OCH3 is 2. The maximum absolute atomic E-state index is 12.9. The number of amides is 2. The molecule has 0 spiro atoms. The summed E-state index contributed by atoms with van der Waals surface area (Å²) < 4.78 is 16.3. The third kappa shape index (κ3) is 6.51. The molecule has 0 bridgehead atoms. The highest BCUT2D eigenvalue weighted by Gasteiger charge is 2.17. The summed E-state index contributed by atoms with van der Waals surface area (Å²) in [5.41, 5.74) is 2.06. The van der Waals surface area contributed by atoms with Gasteiger partial charge in [0, 0.05) is 5.56 Å². The molecule has 0 saturated carbocycles. The van der Waals surface area contributed by atoms with Crippen LogP contribution in [0, 0.1) is 0 Å². The minimum absolute atomic E-state index is 0.0840. The van der Waals surface area contributed by atoms with Gasteiger partial charge in [-0.3, -0.25) is 9.59 Å². The predicted molar refractivity (Wildman–Crippen MR) is 132 cm³/mol. The molecular weight excluding hydrogens is 432 g/mol. The van der Waals surface area contributed by atoms with E-state index in [4.69, 9.17) is 14.2 Å². The van der Waals surface area contributed by atoms with Gasteiger partial charge in [-0.2, -0.15) is 0 Å². The largest absolute Gasteiger partial charge is 0.495 e. The lowest BCUT2D eigenvalue weighted by molar-refractivity contribution is -0.118. The van der Waals surface area contributed by atoms with E-state index in [1.165, 1.54) is 14.2 Å². The average Bonchev–Trinajstić information content (AvgIpc) is 2.87. The average molecular weight is 463 g/mol. The second-order valence-electron chi connectivity index (χ2n) is 7.63. The number of ether oxygens (including phenoxy) is 3. The van der Waals surface area contributed by atoms with Crippen molar-refractivity contribution in [1.29, 1.82) is 0 Å². The highest BCUT2D eigenvalue weighted by molar-refractivity contribution is 5.95. The zero-order valence-electron chi connectivity index (χ0n) is 19.7. The smallest absolute Gasteiger partial charge is 0.262 e. The normalized spacial score (nSPS) is 11.3. The zero-order valence-corrected chi connectivity index (χ0v) is 19.7. The van der Waals surface area contributed by atoms with Crippen molar-refractivity contribution in [2.24, 2.45) is 0 Å². The molecule has 7 nitrogen and oxygen atoms in total. The summed E-state index contributed by atoms with van der Waals surface area (Å²) in [7, 11) is 3.02. The van der Waals surface area contributed by atoms with Gasteiger partial charge in [0.05, 0.1) is 25.9 Å². The molecule has 0 radical (unpaired) electrons. The third-order valence-electron chi connectivity index (χ3n) is 5.25. The van der Waals surface area contributed by atoms with Gasteiger partial charge in [-0.25, -0.2) is 0 Å². The molecule has 2 N–H and O–H groups in total. The topological polar surface area (TPSA) is 85.9 Å². The number of hydrogen-bond donors (Lipinski definition) is 2. The fraction of sp³-hybridized carbons (Fsp3) is 0.259. The Kier molecular flexibility index (Phi) is 8.91. The minimum atomic E-state index is -0.348. The molecule has 1 unspecified atom stereocenters. The summed E-state index contributed by atoms with van der Waals surface area (Å²) in [4.78, 5) is 25.3. The number of carbonyl (C=O) groups excluding carboxylic acids is 2. The summed E-state index contributed by atoms with van der Waals surface area (Å²) in [6.07, 6.45) is 1.77. The molecule has 1 atom stereocenters. The first-order valence-corrected chi connectivity index (χ1v) is 11.1. The molecule has 3 rings (SSSR count). The van der Waals surface area contributed by atoms with E-state index in [1.54, 1.807) is 36.4 Å². The van der Waals surface area contributed by atoms with E-state index in [1.807, 2.05) is 36.4 Å². The molecule has 178 valence electrons. The molecule has 0 saturated heterocycles. The number of carbonyl (C=O) groups is 2. The van der Waals surface area contributed by atoms with Gasteiger partial charge < -0.3 is 24.8 Å². The Balaban J connectivity index is 1.65. The molecule has 3 aromatic carbocycles. The lowest BCUT2D eigenvalue weighted by Crippen LogP contribution is -2.28. The van der Waals surface area contributed by atoms with E-state index >= 15 is 0 Å². The van der Waals surface area contributed by atoms with Gasteiger partial charge in [0.15, 0.2) is 18.1 Å². The number of benzene rings is 3. The SMILES string of the molecule is CCCC(NC(=O)c1ccc(OCC(=O)Nc2ccccc2OC)c(OC)c1)c1ccccc1. The van der Waals surface area contributed by atoms with Crippen LogP contribution in [0.3, 0.4) is 0 Å². The Hall–Kier alpha value is -4.00. The minimum Gasteiger partial charge on any atom is -0.495 e. The first kappa shape index (κ1) is 24.6. The summed E-state index contributed by atoms with van der Waals surface area (Å²) in [6, 6.07) is 21.8. The van der Waals surface area contributed by atoms with Crippen LogP contribution in [0.5, 0.6) is 17.2 Å².